The van der Waals surface area contributed by atoms with E-state index in [1.165, 1.54) is 5.56 Å². The van der Waals surface area contributed by atoms with Gasteiger partial charge in [0.15, 0.2) is 0 Å². The Balaban J connectivity index is 1.71. The molecule has 1 saturated heterocycles. The summed E-state index contributed by atoms with van der Waals surface area (Å²) < 4.78 is 0. The summed E-state index contributed by atoms with van der Waals surface area (Å²) in [6, 6.07) is 10.8. The van der Waals surface area contributed by atoms with E-state index in [9.17, 15) is 4.79 Å². The molecule has 1 aromatic rings. The van der Waals surface area contributed by atoms with Crippen LogP contribution in [0.5, 0.6) is 0 Å². The van der Waals surface area contributed by atoms with E-state index in [-0.39, 0.29) is 12.1 Å². The number of hydrogen-bond donors (Lipinski definition) is 1. The van der Waals surface area contributed by atoms with E-state index >= 15 is 0 Å². The van der Waals surface area contributed by atoms with Crippen molar-refractivity contribution in [3.8, 4) is 0 Å². The van der Waals surface area contributed by atoms with Gasteiger partial charge in [-0.3, -0.25) is 0 Å². The van der Waals surface area contributed by atoms with Crippen LogP contribution in [0.4, 0.5) is 4.79 Å². The normalized spacial score (nSPS) is 17.8. The Kier molecular flexibility index (Phi) is 5.45. The third kappa shape index (κ3) is 4.55. The number of carbonyl (C=O) groups is 1. The van der Waals surface area contributed by atoms with Crippen molar-refractivity contribution in [1.82, 2.24) is 10.2 Å². The fourth-order valence-corrected chi connectivity index (χ4v) is 2.61. The molecule has 3 nitrogen and oxygen atoms in total. The molecular weight excluding hydrogens is 248 g/mol. The Morgan fingerprint density at radius 1 is 1.30 bits per heavy atom. The van der Waals surface area contributed by atoms with E-state index < -0.39 is 0 Å². The number of piperidine rings is 1. The number of carbonyl (C=O) groups excluding carboxylic acids is 1. The molecule has 1 aliphatic rings. The van der Waals surface area contributed by atoms with Crippen LogP contribution in [0.25, 0.3) is 0 Å². The van der Waals surface area contributed by atoms with Crippen LogP contribution in [0.15, 0.2) is 30.3 Å². The topological polar surface area (TPSA) is 32.3 Å². The number of urea groups is 1. The molecule has 1 fully saturated rings. The lowest BCUT2D eigenvalue weighted by Gasteiger charge is -2.31. The summed E-state index contributed by atoms with van der Waals surface area (Å²) in [5.41, 5.74) is 1.33. The van der Waals surface area contributed by atoms with Crippen LogP contribution < -0.4 is 5.32 Å². The average Bonchev–Trinajstić information content (AvgIpc) is 2.47. The first-order chi connectivity index (χ1) is 9.65. The standard InChI is InChI=1S/C17H26N2O/c1-14-10-12-19(13-11-14)17(20)18-15(2)8-9-16-6-4-3-5-7-16/h3-7,14-15H,8-13H2,1-2H3,(H,18,20). The number of nitrogens with zero attached hydrogens (tertiary/aromatic N) is 1. The molecule has 3 heteroatoms. The fraction of sp³-hybridized carbons (Fsp3) is 0.588. The maximum Gasteiger partial charge on any atom is 0.317 e. The van der Waals surface area contributed by atoms with E-state index in [4.69, 9.17) is 0 Å². The summed E-state index contributed by atoms with van der Waals surface area (Å²) in [5.74, 6) is 0.759. The molecule has 1 atom stereocenters. The Hall–Kier alpha value is -1.51. The summed E-state index contributed by atoms with van der Waals surface area (Å²) in [7, 11) is 0. The highest BCUT2D eigenvalue weighted by Crippen LogP contribution is 2.16. The molecule has 1 unspecified atom stereocenters. The van der Waals surface area contributed by atoms with Gasteiger partial charge in [-0.15, -0.1) is 0 Å². The monoisotopic (exact) mass is 274 g/mol. The minimum atomic E-state index is 0.109. The first kappa shape index (κ1) is 14.9. The molecular formula is C17H26N2O. The van der Waals surface area contributed by atoms with Gasteiger partial charge in [-0.2, -0.15) is 0 Å². The van der Waals surface area contributed by atoms with Crippen molar-refractivity contribution in [3.63, 3.8) is 0 Å². The van der Waals surface area contributed by atoms with Crippen LogP contribution in [-0.4, -0.2) is 30.1 Å². The van der Waals surface area contributed by atoms with Gasteiger partial charge in [0.2, 0.25) is 0 Å². The van der Waals surface area contributed by atoms with Gasteiger partial charge in [-0.25, -0.2) is 4.79 Å². The summed E-state index contributed by atoms with van der Waals surface area (Å²) in [6.45, 7) is 6.15. The van der Waals surface area contributed by atoms with Crippen molar-refractivity contribution < 1.29 is 4.79 Å². The van der Waals surface area contributed by atoms with E-state index in [1.54, 1.807) is 0 Å². The van der Waals surface area contributed by atoms with Crippen LogP contribution in [0.1, 0.15) is 38.7 Å². The third-order valence-corrected chi connectivity index (χ3v) is 4.15. The van der Waals surface area contributed by atoms with Crippen molar-refractivity contribution in [2.24, 2.45) is 5.92 Å². The number of benzene rings is 1. The molecule has 0 bridgehead atoms. The summed E-state index contributed by atoms with van der Waals surface area (Å²) in [5, 5.41) is 3.12. The molecule has 1 aromatic carbocycles. The summed E-state index contributed by atoms with van der Waals surface area (Å²) in [4.78, 5) is 14.1. The molecule has 20 heavy (non-hydrogen) atoms. The highest BCUT2D eigenvalue weighted by atomic mass is 16.2. The maximum atomic E-state index is 12.1. The lowest BCUT2D eigenvalue weighted by atomic mass is 9.99. The van der Waals surface area contributed by atoms with Crippen LogP contribution in [0, 0.1) is 5.92 Å². The maximum absolute atomic E-state index is 12.1. The SMILES string of the molecule is CC1CCN(C(=O)NC(C)CCc2ccccc2)CC1. The molecule has 110 valence electrons. The number of aryl methyl sites for hydroxylation is 1. The van der Waals surface area contributed by atoms with Crippen molar-refractivity contribution in [2.45, 2.75) is 45.6 Å². The van der Waals surface area contributed by atoms with Crippen molar-refractivity contribution in [1.29, 1.82) is 0 Å². The molecule has 0 aliphatic carbocycles. The van der Waals surface area contributed by atoms with Crippen LogP contribution in [-0.2, 0) is 6.42 Å². The van der Waals surface area contributed by atoms with Gasteiger partial charge in [0.25, 0.3) is 0 Å². The Labute approximate surface area is 122 Å². The predicted octanol–water partition coefficient (Wildman–Crippen LogP) is 3.45. The van der Waals surface area contributed by atoms with Crippen LogP contribution >= 0.6 is 0 Å². The second-order valence-corrected chi connectivity index (χ2v) is 6.04. The lowest BCUT2D eigenvalue weighted by molar-refractivity contribution is 0.170. The summed E-state index contributed by atoms with van der Waals surface area (Å²) in [6.07, 6.45) is 4.26. The first-order valence-electron chi connectivity index (χ1n) is 7.74. The fourth-order valence-electron chi connectivity index (χ4n) is 2.61. The zero-order valence-electron chi connectivity index (χ0n) is 12.6. The van der Waals surface area contributed by atoms with Crippen molar-refractivity contribution in [2.75, 3.05) is 13.1 Å². The molecule has 0 aromatic heterocycles. The van der Waals surface area contributed by atoms with Gasteiger partial charge in [0.1, 0.15) is 0 Å². The second kappa shape index (κ2) is 7.32. The summed E-state index contributed by atoms with van der Waals surface area (Å²) >= 11 is 0. The van der Waals surface area contributed by atoms with Gasteiger partial charge in [-0.1, -0.05) is 37.3 Å². The first-order valence-corrected chi connectivity index (χ1v) is 7.74. The smallest absolute Gasteiger partial charge is 0.317 e. The van der Waals surface area contributed by atoms with Crippen LogP contribution in [0.3, 0.4) is 0 Å². The Bertz CT molecular complexity index is 410. The van der Waals surface area contributed by atoms with E-state index in [1.807, 2.05) is 11.0 Å². The quantitative estimate of drug-likeness (QED) is 0.896. The third-order valence-electron chi connectivity index (χ3n) is 4.15. The molecule has 1 aliphatic heterocycles. The zero-order chi connectivity index (χ0) is 14.4. The Morgan fingerprint density at radius 3 is 2.60 bits per heavy atom. The van der Waals surface area contributed by atoms with Gasteiger partial charge in [0, 0.05) is 19.1 Å². The van der Waals surface area contributed by atoms with Crippen molar-refractivity contribution in [3.05, 3.63) is 35.9 Å². The van der Waals surface area contributed by atoms with Crippen LogP contribution in [0.2, 0.25) is 0 Å². The zero-order valence-corrected chi connectivity index (χ0v) is 12.6. The van der Waals surface area contributed by atoms with Gasteiger partial charge >= 0.3 is 6.03 Å². The highest BCUT2D eigenvalue weighted by Gasteiger charge is 2.20. The number of rotatable bonds is 4. The molecule has 2 amide bonds. The average molecular weight is 274 g/mol. The molecule has 0 spiro atoms. The van der Waals surface area contributed by atoms with Gasteiger partial charge in [-0.05, 0) is 44.1 Å². The molecule has 2 rings (SSSR count). The largest absolute Gasteiger partial charge is 0.336 e. The van der Waals surface area contributed by atoms with Crippen molar-refractivity contribution >= 4 is 6.03 Å². The van der Waals surface area contributed by atoms with E-state index in [2.05, 4.69) is 43.4 Å². The minimum absolute atomic E-state index is 0.109. The Morgan fingerprint density at radius 2 is 1.95 bits per heavy atom. The molecule has 1 heterocycles. The molecule has 1 N–H and O–H groups in total. The second-order valence-electron chi connectivity index (χ2n) is 6.04. The minimum Gasteiger partial charge on any atom is -0.336 e. The molecule has 0 radical (unpaired) electrons. The highest BCUT2D eigenvalue weighted by molar-refractivity contribution is 5.74. The molecule has 0 saturated carbocycles. The number of amides is 2. The lowest BCUT2D eigenvalue weighted by Crippen LogP contribution is -2.47. The number of nitrogens with one attached hydrogen (secondary N) is 1. The van der Waals surface area contributed by atoms with Gasteiger partial charge in [0.05, 0.1) is 0 Å². The number of likely N-dealkylation sites (tertiary alicyclic amines) is 1. The number of hydrogen-bond acceptors (Lipinski definition) is 1. The van der Waals surface area contributed by atoms with E-state index in [0.29, 0.717) is 0 Å². The van der Waals surface area contributed by atoms with E-state index in [0.717, 1.165) is 44.7 Å². The van der Waals surface area contributed by atoms with Gasteiger partial charge < -0.3 is 10.2 Å². The predicted molar refractivity (Wildman–Crippen MR) is 82.7 cm³/mol.